The number of halogens is 1. The van der Waals surface area contributed by atoms with Crippen molar-refractivity contribution >= 4 is 17.2 Å². The molecule has 0 N–H and O–H groups in total. The van der Waals surface area contributed by atoms with E-state index in [-0.39, 0.29) is 0 Å². The second-order valence-electron chi connectivity index (χ2n) is 4.61. The van der Waals surface area contributed by atoms with Crippen molar-refractivity contribution in [1.82, 2.24) is 9.38 Å². The lowest BCUT2D eigenvalue weighted by molar-refractivity contribution is 0.281. The van der Waals surface area contributed by atoms with E-state index >= 15 is 0 Å². The smallest absolute Gasteiger partial charge is 0.161 e. The van der Waals surface area contributed by atoms with Crippen molar-refractivity contribution in [3.05, 3.63) is 60.0 Å². The van der Waals surface area contributed by atoms with E-state index in [0.29, 0.717) is 24.0 Å². The number of methoxy groups -OCH3 is 1. The number of alkyl halides is 1. The number of aromatic nitrogens is 2. The predicted octanol–water partition coefficient (Wildman–Crippen LogP) is 3.66. The van der Waals surface area contributed by atoms with Gasteiger partial charge >= 0.3 is 0 Å². The average molecular weight is 303 g/mol. The van der Waals surface area contributed by atoms with E-state index in [0.717, 1.165) is 16.9 Å². The third kappa shape index (κ3) is 2.95. The zero-order valence-electron chi connectivity index (χ0n) is 11.6. The van der Waals surface area contributed by atoms with Gasteiger partial charge in [0.1, 0.15) is 12.3 Å². The van der Waals surface area contributed by atoms with Gasteiger partial charge in [0.15, 0.2) is 11.5 Å². The van der Waals surface area contributed by atoms with Crippen LogP contribution >= 0.6 is 11.6 Å². The molecule has 0 saturated carbocycles. The van der Waals surface area contributed by atoms with Crippen LogP contribution in [0.5, 0.6) is 11.5 Å². The number of rotatable bonds is 5. The van der Waals surface area contributed by atoms with Gasteiger partial charge in [0, 0.05) is 18.3 Å². The van der Waals surface area contributed by atoms with Crippen LogP contribution in [-0.4, -0.2) is 16.5 Å². The molecule has 0 unspecified atom stereocenters. The maximum absolute atomic E-state index is 5.82. The van der Waals surface area contributed by atoms with E-state index in [2.05, 4.69) is 4.98 Å². The second kappa shape index (κ2) is 6.06. The molecule has 0 aliphatic carbocycles. The molecule has 108 valence electrons. The Hall–Kier alpha value is -2.20. The summed E-state index contributed by atoms with van der Waals surface area (Å²) in [5, 5.41) is 0. The molecule has 0 bridgehead atoms. The highest BCUT2D eigenvalue weighted by Crippen LogP contribution is 2.29. The lowest BCUT2D eigenvalue weighted by atomic mass is 10.2. The van der Waals surface area contributed by atoms with Gasteiger partial charge < -0.3 is 13.9 Å². The molecule has 0 aliphatic rings. The summed E-state index contributed by atoms with van der Waals surface area (Å²) in [6.45, 7) is 0.387. The van der Waals surface area contributed by atoms with Crippen LogP contribution in [0.2, 0.25) is 0 Å². The standard InChI is InChI=1S/C16H15ClN2O2/c1-20-15-8-12(9-17)5-6-14(15)21-11-13-10-19-7-3-2-4-16(19)18-13/h2-8,10H,9,11H2,1H3. The van der Waals surface area contributed by atoms with E-state index in [1.807, 2.05) is 53.2 Å². The van der Waals surface area contributed by atoms with Gasteiger partial charge in [-0.15, -0.1) is 11.6 Å². The first-order valence-electron chi connectivity index (χ1n) is 6.58. The van der Waals surface area contributed by atoms with Gasteiger partial charge in [0.05, 0.1) is 12.8 Å². The highest BCUT2D eigenvalue weighted by atomic mass is 35.5. The molecular weight excluding hydrogens is 288 g/mol. The van der Waals surface area contributed by atoms with E-state index in [4.69, 9.17) is 21.1 Å². The Morgan fingerprint density at radius 1 is 1.19 bits per heavy atom. The lowest BCUT2D eigenvalue weighted by Gasteiger charge is -2.10. The van der Waals surface area contributed by atoms with E-state index < -0.39 is 0 Å². The van der Waals surface area contributed by atoms with Gasteiger partial charge in [-0.1, -0.05) is 12.1 Å². The summed E-state index contributed by atoms with van der Waals surface area (Å²) >= 11 is 5.82. The molecule has 0 fully saturated rings. The summed E-state index contributed by atoms with van der Waals surface area (Å²) in [6.07, 6.45) is 3.91. The lowest BCUT2D eigenvalue weighted by Crippen LogP contribution is -1.98. The maximum Gasteiger partial charge on any atom is 0.161 e. The van der Waals surface area contributed by atoms with Crippen LogP contribution in [0.25, 0.3) is 5.65 Å². The van der Waals surface area contributed by atoms with Crippen molar-refractivity contribution in [3.63, 3.8) is 0 Å². The van der Waals surface area contributed by atoms with Crippen molar-refractivity contribution in [3.8, 4) is 11.5 Å². The highest BCUT2D eigenvalue weighted by molar-refractivity contribution is 6.17. The van der Waals surface area contributed by atoms with Crippen molar-refractivity contribution in [2.24, 2.45) is 0 Å². The fraction of sp³-hybridized carbons (Fsp3) is 0.188. The molecule has 21 heavy (non-hydrogen) atoms. The SMILES string of the molecule is COc1cc(CCl)ccc1OCc1cn2ccccc2n1. The second-order valence-corrected chi connectivity index (χ2v) is 4.87. The number of fused-ring (bicyclic) bond motifs is 1. The molecule has 2 heterocycles. The van der Waals surface area contributed by atoms with Crippen molar-refractivity contribution in [2.45, 2.75) is 12.5 Å². The number of ether oxygens (including phenoxy) is 2. The molecule has 0 radical (unpaired) electrons. The van der Waals surface area contributed by atoms with Gasteiger partial charge in [-0.25, -0.2) is 4.98 Å². The topological polar surface area (TPSA) is 35.8 Å². The molecule has 5 heteroatoms. The average Bonchev–Trinajstić information content (AvgIpc) is 2.95. The first-order chi connectivity index (χ1) is 10.3. The van der Waals surface area contributed by atoms with Crippen LogP contribution < -0.4 is 9.47 Å². The Morgan fingerprint density at radius 3 is 2.86 bits per heavy atom. The summed E-state index contributed by atoms with van der Waals surface area (Å²) < 4.78 is 13.1. The van der Waals surface area contributed by atoms with E-state index in [1.54, 1.807) is 7.11 Å². The number of benzene rings is 1. The monoisotopic (exact) mass is 302 g/mol. The molecule has 0 amide bonds. The minimum absolute atomic E-state index is 0.387. The van der Waals surface area contributed by atoms with Gasteiger partial charge in [-0.3, -0.25) is 0 Å². The van der Waals surface area contributed by atoms with Crippen molar-refractivity contribution in [1.29, 1.82) is 0 Å². The Kier molecular flexibility index (Phi) is 3.97. The van der Waals surface area contributed by atoms with Gasteiger partial charge in [-0.2, -0.15) is 0 Å². The molecule has 1 aromatic carbocycles. The first-order valence-corrected chi connectivity index (χ1v) is 7.12. The predicted molar refractivity (Wildman–Crippen MR) is 82.1 cm³/mol. The summed E-state index contributed by atoms with van der Waals surface area (Å²) in [7, 11) is 1.62. The molecule has 0 atom stereocenters. The Morgan fingerprint density at radius 2 is 2.10 bits per heavy atom. The van der Waals surface area contributed by atoms with E-state index in [1.165, 1.54) is 0 Å². The normalized spacial score (nSPS) is 10.8. The molecule has 0 aliphatic heterocycles. The van der Waals surface area contributed by atoms with Crippen LogP contribution in [0.15, 0.2) is 48.8 Å². The summed E-state index contributed by atoms with van der Waals surface area (Å²) in [6, 6.07) is 11.6. The molecule has 2 aromatic heterocycles. The quantitative estimate of drug-likeness (QED) is 0.675. The molecule has 4 nitrogen and oxygen atoms in total. The third-order valence-corrected chi connectivity index (χ3v) is 3.48. The Bertz CT molecular complexity index is 722. The van der Waals surface area contributed by atoms with Crippen molar-refractivity contribution < 1.29 is 9.47 Å². The summed E-state index contributed by atoms with van der Waals surface area (Å²) in [5.74, 6) is 1.81. The summed E-state index contributed by atoms with van der Waals surface area (Å²) in [5.41, 5.74) is 2.76. The zero-order chi connectivity index (χ0) is 14.7. The molecule has 0 spiro atoms. The molecular formula is C16H15ClN2O2. The number of pyridine rings is 1. The number of imidazole rings is 1. The molecule has 0 saturated heterocycles. The summed E-state index contributed by atoms with van der Waals surface area (Å²) in [4.78, 5) is 4.49. The van der Waals surface area contributed by atoms with Crippen LogP contribution in [0.1, 0.15) is 11.3 Å². The van der Waals surface area contributed by atoms with Crippen molar-refractivity contribution in [2.75, 3.05) is 7.11 Å². The minimum atomic E-state index is 0.387. The molecule has 3 rings (SSSR count). The minimum Gasteiger partial charge on any atom is -0.493 e. The van der Waals surface area contributed by atoms with E-state index in [9.17, 15) is 0 Å². The van der Waals surface area contributed by atoms with Crippen LogP contribution in [0, 0.1) is 0 Å². The Labute approximate surface area is 127 Å². The largest absolute Gasteiger partial charge is 0.493 e. The molecule has 3 aromatic rings. The van der Waals surface area contributed by atoms with Gasteiger partial charge in [-0.05, 0) is 29.8 Å². The number of nitrogens with zero attached hydrogens (tertiary/aromatic N) is 2. The fourth-order valence-corrected chi connectivity index (χ4v) is 2.29. The fourth-order valence-electron chi connectivity index (χ4n) is 2.12. The van der Waals surface area contributed by atoms with Crippen LogP contribution in [-0.2, 0) is 12.5 Å². The van der Waals surface area contributed by atoms with Gasteiger partial charge in [0.2, 0.25) is 0 Å². The number of hydrogen-bond donors (Lipinski definition) is 0. The van der Waals surface area contributed by atoms with Crippen LogP contribution in [0.3, 0.4) is 0 Å². The Balaban J connectivity index is 1.77. The number of hydrogen-bond acceptors (Lipinski definition) is 3. The van der Waals surface area contributed by atoms with Gasteiger partial charge in [0.25, 0.3) is 0 Å². The maximum atomic E-state index is 5.82. The first kappa shape index (κ1) is 13.8. The zero-order valence-corrected chi connectivity index (χ0v) is 12.4. The highest BCUT2D eigenvalue weighted by Gasteiger charge is 2.07. The third-order valence-electron chi connectivity index (χ3n) is 3.17. The van der Waals surface area contributed by atoms with Crippen LogP contribution in [0.4, 0.5) is 0 Å².